The lowest BCUT2D eigenvalue weighted by Gasteiger charge is -2.16. The molecule has 1 aliphatic carbocycles. The molecule has 0 spiro atoms. The third-order valence-corrected chi connectivity index (χ3v) is 4.73. The predicted octanol–water partition coefficient (Wildman–Crippen LogP) is 4.08. The SMILES string of the molecule is CCCNC(c1ccn(CCCSCC)c1)C1CC1. The summed E-state index contributed by atoms with van der Waals surface area (Å²) in [5.41, 5.74) is 1.50. The highest BCUT2D eigenvalue weighted by atomic mass is 32.2. The molecule has 0 aromatic carbocycles. The number of nitrogens with one attached hydrogen (secondary N) is 1. The standard InChI is InChI=1S/C16H28N2S/c1-3-9-17-16(14-6-7-14)15-8-11-18(13-15)10-5-12-19-4-2/h8,11,13-14,16-17H,3-7,9-10,12H2,1-2H3. The van der Waals surface area contributed by atoms with Gasteiger partial charge in [-0.1, -0.05) is 13.8 Å². The minimum absolute atomic E-state index is 0.603. The Bertz CT molecular complexity index is 357. The van der Waals surface area contributed by atoms with E-state index in [0.29, 0.717) is 6.04 Å². The molecule has 1 heterocycles. The Morgan fingerprint density at radius 3 is 2.95 bits per heavy atom. The van der Waals surface area contributed by atoms with Crippen LogP contribution in [0.1, 0.15) is 51.1 Å². The van der Waals surface area contributed by atoms with Crippen LogP contribution in [0.5, 0.6) is 0 Å². The largest absolute Gasteiger partial charge is 0.354 e. The molecular formula is C16H28N2S. The molecule has 1 aliphatic rings. The topological polar surface area (TPSA) is 17.0 Å². The quantitative estimate of drug-likeness (QED) is 0.650. The fourth-order valence-corrected chi connectivity index (χ4v) is 3.18. The first-order valence-electron chi connectivity index (χ1n) is 7.82. The van der Waals surface area contributed by atoms with Gasteiger partial charge in [0, 0.05) is 25.0 Å². The first-order valence-corrected chi connectivity index (χ1v) is 8.97. The summed E-state index contributed by atoms with van der Waals surface area (Å²) in [6, 6.07) is 2.92. The number of nitrogens with zero attached hydrogens (tertiary/aromatic N) is 1. The maximum atomic E-state index is 3.72. The van der Waals surface area contributed by atoms with Crippen LogP contribution in [0.4, 0.5) is 0 Å². The molecule has 1 unspecified atom stereocenters. The van der Waals surface area contributed by atoms with Crippen molar-refractivity contribution in [3.63, 3.8) is 0 Å². The number of hydrogen-bond donors (Lipinski definition) is 1. The van der Waals surface area contributed by atoms with Crippen LogP contribution in [0, 0.1) is 5.92 Å². The van der Waals surface area contributed by atoms with Crippen LogP contribution in [0.3, 0.4) is 0 Å². The highest BCUT2D eigenvalue weighted by Crippen LogP contribution is 2.41. The second-order valence-corrected chi connectivity index (χ2v) is 6.90. The molecule has 0 saturated heterocycles. The second kappa shape index (κ2) is 8.01. The zero-order valence-electron chi connectivity index (χ0n) is 12.4. The predicted molar refractivity (Wildman–Crippen MR) is 85.8 cm³/mol. The van der Waals surface area contributed by atoms with E-state index in [9.17, 15) is 0 Å². The maximum Gasteiger partial charge on any atom is 0.0363 e. The monoisotopic (exact) mass is 280 g/mol. The van der Waals surface area contributed by atoms with Gasteiger partial charge >= 0.3 is 0 Å². The van der Waals surface area contributed by atoms with Gasteiger partial charge in [0.05, 0.1) is 0 Å². The summed E-state index contributed by atoms with van der Waals surface area (Å²) < 4.78 is 2.37. The van der Waals surface area contributed by atoms with Gasteiger partial charge in [-0.15, -0.1) is 0 Å². The van der Waals surface area contributed by atoms with Crippen LogP contribution in [0.15, 0.2) is 18.5 Å². The van der Waals surface area contributed by atoms with Gasteiger partial charge in [0.2, 0.25) is 0 Å². The van der Waals surface area contributed by atoms with Crippen molar-refractivity contribution in [2.75, 3.05) is 18.1 Å². The van der Waals surface area contributed by atoms with E-state index in [0.717, 1.165) is 19.0 Å². The molecule has 0 radical (unpaired) electrons. The number of thioether (sulfide) groups is 1. The lowest BCUT2D eigenvalue weighted by molar-refractivity contribution is 0.480. The summed E-state index contributed by atoms with van der Waals surface area (Å²) in [5, 5.41) is 3.72. The molecule has 3 heteroatoms. The van der Waals surface area contributed by atoms with Crippen LogP contribution in [0.2, 0.25) is 0 Å². The van der Waals surface area contributed by atoms with E-state index in [1.807, 2.05) is 11.8 Å². The van der Waals surface area contributed by atoms with Crippen molar-refractivity contribution in [3.05, 3.63) is 24.0 Å². The van der Waals surface area contributed by atoms with E-state index >= 15 is 0 Å². The van der Waals surface area contributed by atoms with Crippen molar-refractivity contribution in [2.24, 2.45) is 5.92 Å². The molecule has 1 aromatic rings. The van der Waals surface area contributed by atoms with Gasteiger partial charge in [0.15, 0.2) is 0 Å². The molecule has 108 valence electrons. The van der Waals surface area contributed by atoms with E-state index in [4.69, 9.17) is 0 Å². The van der Waals surface area contributed by atoms with Crippen molar-refractivity contribution < 1.29 is 0 Å². The van der Waals surface area contributed by atoms with Crippen LogP contribution in [0.25, 0.3) is 0 Å². The first-order chi connectivity index (χ1) is 9.35. The molecule has 1 atom stereocenters. The normalized spacial score (nSPS) is 16.7. The van der Waals surface area contributed by atoms with Crippen LogP contribution in [-0.4, -0.2) is 22.6 Å². The van der Waals surface area contributed by atoms with E-state index in [2.05, 4.69) is 42.2 Å². The number of aromatic nitrogens is 1. The Labute approximate surface area is 122 Å². The lowest BCUT2D eigenvalue weighted by atomic mass is 10.1. The molecule has 1 fully saturated rings. The molecule has 2 nitrogen and oxygen atoms in total. The Morgan fingerprint density at radius 1 is 1.42 bits per heavy atom. The molecule has 19 heavy (non-hydrogen) atoms. The summed E-state index contributed by atoms with van der Waals surface area (Å²) in [6.07, 6.45) is 9.93. The summed E-state index contributed by atoms with van der Waals surface area (Å²) in [6.45, 7) is 6.78. The van der Waals surface area contributed by atoms with Gasteiger partial charge in [-0.3, -0.25) is 0 Å². The van der Waals surface area contributed by atoms with Gasteiger partial charge in [-0.05, 0) is 61.3 Å². The Hall–Kier alpha value is -0.410. The maximum absolute atomic E-state index is 3.72. The smallest absolute Gasteiger partial charge is 0.0363 e. The summed E-state index contributed by atoms with van der Waals surface area (Å²) >= 11 is 2.04. The zero-order valence-corrected chi connectivity index (χ0v) is 13.2. The average molecular weight is 280 g/mol. The average Bonchev–Trinajstić information content (AvgIpc) is 3.15. The molecule has 0 aliphatic heterocycles. The molecule has 1 saturated carbocycles. The van der Waals surface area contributed by atoms with E-state index in [-0.39, 0.29) is 0 Å². The third-order valence-electron chi connectivity index (χ3n) is 3.75. The Morgan fingerprint density at radius 2 is 2.26 bits per heavy atom. The third kappa shape index (κ3) is 4.88. The van der Waals surface area contributed by atoms with Gasteiger partial charge in [-0.2, -0.15) is 11.8 Å². The van der Waals surface area contributed by atoms with Gasteiger partial charge in [-0.25, -0.2) is 0 Å². The zero-order chi connectivity index (χ0) is 13.5. The minimum Gasteiger partial charge on any atom is -0.354 e. The first kappa shape index (κ1) is 15.0. The van der Waals surface area contributed by atoms with Crippen molar-refractivity contribution in [3.8, 4) is 0 Å². The fourth-order valence-electron chi connectivity index (χ4n) is 2.56. The van der Waals surface area contributed by atoms with E-state index in [1.165, 1.54) is 42.8 Å². The summed E-state index contributed by atoms with van der Waals surface area (Å²) in [5.74, 6) is 3.41. The summed E-state index contributed by atoms with van der Waals surface area (Å²) in [7, 11) is 0. The fraction of sp³-hybridized carbons (Fsp3) is 0.750. The highest BCUT2D eigenvalue weighted by molar-refractivity contribution is 7.99. The van der Waals surface area contributed by atoms with E-state index < -0.39 is 0 Å². The minimum atomic E-state index is 0.603. The molecule has 0 bridgehead atoms. The van der Waals surface area contributed by atoms with Crippen LogP contribution in [-0.2, 0) is 6.54 Å². The molecule has 1 aromatic heterocycles. The van der Waals surface area contributed by atoms with Crippen molar-refractivity contribution in [2.45, 2.75) is 52.1 Å². The van der Waals surface area contributed by atoms with Gasteiger partial charge in [0.25, 0.3) is 0 Å². The van der Waals surface area contributed by atoms with Crippen LogP contribution >= 0.6 is 11.8 Å². The van der Waals surface area contributed by atoms with Gasteiger partial charge < -0.3 is 9.88 Å². The Balaban J connectivity index is 1.83. The highest BCUT2D eigenvalue weighted by Gasteiger charge is 2.32. The van der Waals surface area contributed by atoms with E-state index in [1.54, 1.807) is 0 Å². The molecule has 1 N–H and O–H groups in total. The Kier molecular flexibility index (Phi) is 6.32. The molecule has 2 rings (SSSR count). The lowest BCUT2D eigenvalue weighted by Crippen LogP contribution is -2.23. The molecular weight excluding hydrogens is 252 g/mol. The van der Waals surface area contributed by atoms with Crippen molar-refractivity contribution in [1.29, 1.82) is 0 Å². The van der Waals surface area contributed by atoms with Crippen molar-refractivity contribution >= 4 is 11.8 Å². The number of rotatable bonds is 10. The summed E-state index contributed by atoms with van der Waals surface area (Å²) in [4.78, 5) is 0. The molecule has 0 amide bonds. The number of aryl methyl sites for hydroxylation is 1. The van der Waals surface area contributed by atoms with Crippen molar-refractivity contribution in [1.82, 2.24) is 9.88 Å². The second-order valence-electron chi connectivity index (χ2n) is 5.50. The van der Waals surface area contributed by atoms with Gasteiger partial charge in [0.1, 0.15) is 0 Å². The number of hydrogen-bond acceptors (Lipinski definition) is 2. The van der Waals surface area contributed by atoms with Crippen LogP contribution < -0.4 is 5.32 Å².